The van der Waals surface area contributed by atoms with Crippen LogP contribution in [-0.4, -0.2) is 32.3 Å². The van der Waals surface area contributed by atoms with Gasteiger partial charge in [0.15, 0.2) is 5.78 Å². The summed E-state index contributed by atoms with van der Waals surface area (Å²) in [6.45, 7) is 4.66. The lowest BCUT2D eigenvalue weighted by molar-refractivity contribution is -0.121. The molecule has 0 fully saturated rings. The molecule has 1 atom stereocenters. The number of nitrogens with one attached hydrogen (secondary N) is 2. The average Bonchev–Trinajstić information content (AvgIpc) is 3.33. The minimum Gasteiger partial charge on any atom is -0.467 e. The number of carbonyl (C=O) groups excluding carboxylic acids is 2. The van der Waals surface area contributed by atoms with Gasteiger partial charge < -0.3 is 24.9 Å². The molecule has 0 saturated heterocycles. The van der Waals surface area contributed by atoms with Gasteiger partial charge in [-0.25, -0.2) is 0 Å². The highest BCUT2D eigenvalue weighted by atomic mass is 16.3. The molecule has 2 heterocycles. The van der Waals surface area contributed by atoms with Crippen molar-refractivity contribution < 1.29 is 14.0 Å². The number of carbonyl (C=O) groups is 2. The fraction of sp³-hybridized carbons (Fsp3) is 0.333. The second-order valence-corrected chi connectivity index (χ2v) is 10.8. The van der Waals surface area contributed by atoms with Crippen LogP contribution < -0.4 is 20.4 Å². The maximum absolute atomic E-state index is 13.8. The molecule has 192 valence electrons. The third kappa shape index (κ3) is 5.12. The predicted molar refractivity (Wildman–Crippen MR) is 147 cm³/mol. The van der Waals surface area contributed by atoms with Crippen molar-refractivity contribution in [1.29, 1.82) is 0 Å². The van der Waals surface area contributed by atoms with Gasteiger partial charge in [0, 0.05) is 37.5 Å². The molecule has 2 N–H and O–H groups in total. The first-order valence-corrected chi connectivity index (χ1v) is 12.7. The zero-order chi connectivity index (χ0) is 26.2. The van der Waals surface area contributed by atoms with Crippen LogP contribution in [0.3, 0.4) is 0 Å². The van der Waals surface area contributed by atoms with Crippen molar-refractivity contribution in [3.63, 3.8) is 0 Å². The monoisotopic (exact) mass is 498 g/mol. The van der Waals surface area contributed by atoms with Crippen LogP contribution in [0.1, 0.15) is 44.1 Å². The van der Waals surface area contributed by atoms with E-state index in [9.17, 15) is 9.59 Å². The highest BCUT2D eigenvalue weighted by molar-refractivity contribution is 6.01. The Morgan fingerprint density at radius 3 is 2.54 bits per heavy atom. The summed E-state index contributed by atoms with van der Waals surface area (Å²) in [4.78, 5) is 31.2. The summed E-state index contributed by atoms with van der Waals surface area (Å²) in [6, 6.07) is 19.5. The lowest BCUT2D eigenvalue weighted by atomic mass is 9.73. The van der Waals surface area contributed by atoms with Crippen molar-refractivity contribution in [2.24, 2.45) is 5.41 Å². The van der Waals surface area contributed by atoms with Gasteiger partial charge in [0.2, 0.25) is 5.91 Å². The Hall–Kier alpha value is -4.00. The number of amides is 1. The molecule has 0 saturated carbocycles. The van der Waals surface area contributed by atoms with Crippen molar-refractivity contribution in [2.45, 2.75) is 39.3 Å². The van der Waals surface area contributed by atoms with Crippen LogP contribution in [0.4, 0.5) is 17.1 Å². The van der Waals surface area contributed by atoms with Gasteiger partial charge >= 0.3 is 0 Å². The van der Waals surface area contributed by atoms with E-state index in [-0.39, 0.29) is 23.7 Å². The molecular formula is C30H34N4O3. The van der Waals surface area contributed by atoms with Crippen molar-refractivity contribution in [1.82, 2.24) is 5.32 Å². The van der Waals surface area contributed by atoms with E-state index in [2.05, 4.69) is 53.6 Å². The normalized spacial score (nSPS) is 18.4. The number of hydrogen-bond donors (Lipinski definition) is 2. The molecule has 37 heavy (non-hydrogen) atoms. The van der Waals surface area contributed by atoms with Crippen molar-refractivity contribution in [3.8, 4) is 0 Å². The van der Waals surface area contributed by atoms with Gasteiger partial charge in [-0.15, -0.1) is 0 Å². The summed E-state index contributed by atoms with van der Waals surface area (Å²) in [6.07, 6.45) is 2.82. The number of benzene rings is 2. The fourth-order valence-electron chi connectivity index (χ4n) is 5.34. The van der Waals surface area contributed by atoms with Gasteiger partial charge in [0.05, 0.1) is 36.8 Å². The second-order valence-electron chi connectivity index (χ2n) is 10.8. The Kier molecular flexibility index (Phi) is 6.54. The number of ketones is 1. The third-order valence-corrected chi connectivity index (χ3v) is 7.08. The fourth-order valence-corrected chi connectivity index (χ4v) is 5.34. The molecule has 1 unspecified atom stereocenters. The van der Waals surface area contributed by atoms with Gasteiger partial charge in [-0.05, 0) is 53.8 Å². The number of allylic oxidation sites excluding steroid dienone is 1. The van der Waals surface area contributed by atoms with Gasteiger partial charge in [-0.1, -0.05) is 38.1 Å². The summed E-state index contributed by atoms with van der Waals surface area (Å²) in [5, 5.41) is 6.57. The Bertz CT molecular complexity index is 1320. The molecule has 5 rings (SSSR count). The van der Waals surface area contributed by atoms with Gasteiger partial charge in [-0.3, -0.25) is 9.59 Å². The van der Waals surface area contributed by atoms with Gasteiger partial charge in [0.25, 0.3) is 0 Å². The number of nitrogens with zero attached hydrogens (tertiary/aromatic N) is 2. The van der Waals surface area contributed by atoms with Crippen LogP contribution in [-0.2, 0) is 16.1 Å². The standard InChI is InChI=1S/C30H34N4O3/c1-30(2)16-24-28(26(35)17-30)29(20-11-13-21(14-12-20)33(3)4)34(25-10-6-5-9-23(25)32-24)19-27(36)31-18-22-8-7-15-37-22/h5-15,29,32H,16-19H2,1-4H3,(H,31,36). The minimum absolute atomic E-state index is 0.0902. The van der Waals surface area contributed by atoms with E-state index in [1.165, 1.54) is 0 Å². The van der Waals surface area contributed by atoms with E-state index in [1.54, 1.807) is 12.3 Å². The molecule has 1 amide bonds. The van der Waals surface area contributed by atoms with E-state index in [0.29, 0.717) is 18.7 Å². The van der Waals surface area contributed by atoms with Crippen LogP contribution in [0.5, 0.6) is 0 Å². The molecule has 0 bridgehead atoms. The highest BCUT2D eigenvalue weighted by Crippen LogP contribution is 2.48. The summed E-state index contributed by atoms with van der Waals surface area (Å²) in [5.41, 5.74) is 5.37. The lowest BCUT2D eigenvalue weighted by Gasteiger charge is -2.38. The van der Waals surface area contributed by atoms with Crippen molar-refractivity contribution >= 4 is 28.8 Å². The quantitative estimate of drug-likeness (QED) is 0.482. The van der Waals surface area contributed by atoms with E-state index in [1.807, 2.05) is 49.3 Å². The summed E-state index contributed by atoms with van der Waals surface area (Å²) >= 11 is 0. The first-order valence-electron chi connectivity index (χ1n) is 12.7. The third-order valence-electron chi connectivity index (χ3n) is 7.08. The van der Waals surface area contributed by atoms with Crippen molar-refractivity contribution in [3.05, 3.63) is 89.5 Å². The van der Waals surface area contributed by atoms with E-state index < -0.39 is 6.04 Å². The molecule has 3 aromatic rings. The number of para-hydroxylation sites is 2. The first-order chi connectivity index (χ1) is 17.7. The molecule has 2 aliphatic rings. The molecule has 1 aromatic heterocycles. The number of anilines is 3. The average molecular weight is 499 g/mol. The lowest BCUT2D eigenvalue weighted by Crippen LogP contribution is -2.41. The topological polar surface area (TPSA) is 77.8 Å². The number of Topliss-reactive ketones (excluding diaryl/α,β-unsaturated/α-hetero) is 1. The maximum Gasteiger partial charge on any atom is 0.239 e. The van der Waals surface area contributed by atoms with Gasteiger partial charge in [0.1, 0.15) is 5.76 Å². The number of furan rings is 1. The minimum atomic E-state index is -0.402. The van der Waals surface area contributed by atoms with E-state index >= 15 is 0 Å². The molecule has 0 radical (unpaired) electrons. The Balaban J connectivity index is 1.60. The molecule has 1 aliphatic carbocycles. The van der Waals surface area contributed by atoms with Gasteiger partial charge in [-0.2, -0.15) is 0 Å². The summed E-state index contributed by atoms with van der Waals surface area (Å²) in [7, 11) is 4.01. The van der Waals surface area contributed by atoms with Crippen LogP contribution in [0, 0.1) is 5.41 Å². The zero-order valence-corrected chi connectivity index (χ0v) is 21.9. The van der Waals surface area contributed by atoms with Crippen LogP contribution >= 0.6 is 0 Å². The van der Waals surface area contributed by atoms with E-state index in [0.717, 1.165) is 40.3 Å². The van der Waals surface area contributed by atoms with Crippen LogP contribution in [0.25, 0.3) is 0 Å². The first kappa shape index (κ1) is 24.7. The number of hydrogen-bond acceptors (Lipinski definition) is 6. The molecule has 7 heteroatoms. The molecule has 7 nitrogen and oxygen atoms in total. The highest BCUT2D eigenvalue weighted by Gasteiger charge is 2.41. The number of fused-ring (bicyclic) bond motifs is 1. The van der Waals surface area contributed by atoms with Crippen LogP contribution in [0.15, 0.2) is 82.6 Å². The van der Waals surface area contributed by atoms with Crippen LogP contribution in [0.2, 0.25) is 0 Å². The zero-order valence-electron chi connectivity index (χ0n) is 21.9. The molecule has 1 aliphatic heterocycles. The maximum atomic E-state index is 13.8. The van der Waals surface area contributed by atoms with Crippen molar-refractivity contribution in [2.75, 3.05) is 35.8 Å². The summed E-state index contributed by atoms with van der Waals surface area (Å²) in [5.74, 6) is 0.666. The Morgan fingerprint density at radius 1 is 1.08 bits per heavy atom. The molecule has 2 aromatic carbocycles. The number of rotatable bonds is 6. The molecule has 0 spiro atoms. The van der Waals surface area contributed by atoms with E-state index in [4.69, 9.17) is 4.42 Å². The molecular weight excluding hydrogens is 464 g/mol. The Morgan fingerprint density at radius 2 is 1.84 bits per heavy atom. The predicted octanol–water partition coefficient (Wildman–Crippen LogP) is 5.28. The Labute approximate surface area is 218 Å². The SMILES string of the molecule is CN(C)c1ccc(C2C3=C(CC(C)(C)CC3=O)Nc3ccccc3N2CC(=O)NCc2ccco2)cc1. The summed E-state index contributed by atoms with van der Waals surface area (Å²) < 4.78 is 5.38. The smallest absolute Gasteiger partial charge is 0.239 e. The largest absolute Gasteiger partial charge is 0.467 e. The second kappa shape index (κ2) is 9.81.